The van der Waals surface area contributed by atoms with Crippen LogP contribution in [0.25, 0.3) is 0 Å². The molecule has 40 heavy (non-hydrogen) atoms. The van der Waals surface area contributed by atoms with E-state index in [1.807, 2.05) is 26.4 Å². The SMILES string of the molecule is CC(C)COC(C)OC(=O)NCCC[C@@H](Cc1cn(C2CCC(C)CC2)cn1)C(=O)OC(C)OC(=O)OC(C)C. The molecule has 1 aliphatic carbocycles. The van der Waals surface area contributed by atoms with Crippen molar-refractivity contribution in [2.24, 2.45) is 17.8 Å². The summed E-state index contributed by atoms with van der Waals surface area (Å²) in [6.45, 7) is 13.6. The van der Waals surface area contributed by atoms with Gasteiger partial charge in [-0.1, -0.05) is 20.8 Å². The van der Waals surface area contributed by atoms with Crippen molar-refractivity contribution in [3.63, 3.8) is 0 Å². The van der Waals surface area contributed by atoms with Gasteiger partial charge >= 0.3 is 18.2 Å². The number of rotatable bonds is 15. The van der Waals surface area contributed by atoms with Crippen LogP contribution in [-0.4, -0.2) is 59.6 Å². The lowest BCUT2D eigenvalue weighted by atomic mass is 9.87. The Bertz CT molecular complexity index is 911. The first-order chi connectivity index (χ1) is 18.9. The molecule has 0 aromatic carbocycles. The van der Waals surface area contributed by atoms with Gasteiger partial charge in [-0.2, -0.15) is 0 Å². The van der Waals surface area contributed by atoms with Crippen LogP contribution in [0.15, 0.2) is 12.5 Å². The van der Waals surface area contributed by atoms with Crippen molar-refractivity contribution in [2.75, 3.05) is 13.2 Å². The zero-order chi connectivity index (χ0) is 29.7. The molecular formula is C29H49N3O8. The van der Waals surface area contributed by atoms with Crippen LogP contribution in [0.5, 0.6) is 0 Å². The smallest absolute Gasteiger partial charge is 0.431 e. The standard InChI is InChI=1S/C29H49N3O8/c1-19(2)17-36-22(6)39-28(34)30-14-8-9-24(27(33)38-23(7)40-29(35)37-20(3)4)15-25-16-32(18-31-25)26-12-10-21(5)11-13-26/h16,18-24,26H,8-15,17H2,1-7H3,(H,30,34)/t21?,22?,23?,24-,26?/m0/s1. The minimum atomic E-state index is -1.11. The van der Waals surface area contributed by atoms with E-state index in [1.54, 1.807) is 20.8 Å². The molecule has 0 radical (unpaired) electrons. The van der Waals surface area contributed by atoms with Crippen LogP contribution in [0.2, 0.25) is 0 Å². The number of hydrogen-bond acceptors (Lipinski definition) is 9. The summed E-state index contributed by atoms with van der Waals surface area (Å²) in [4.78, 5) is 41.5. The van der Waals surface area contributed by atoms with Crippen molar-refractivity contribution >= 4 is 18.2 Å². The lowest BCUT2D eigenvalue weighted by molar-refractivity contribution is -0.173. The predicted octanol–water partition coefficient (Wildman–Crippen LogP) is 5.77. The molecule has 1 heterocycles. The maximum Gasteiger partial charge on any atom is 0.511 e. The van der Waals surface area contributed by atoms with E-state index in [-0.39, 0.29) is 6.10 Å². The maximum absolute atomic E-state index is 13.1. The van der Waals surface area contributed by atoms with Gasteiger partial charge in [-0.3, -0.25) is 4.79 Å². The second-order valence-electron chi connectivity index (χ2n) is 11.4. The van der Waals surface area contributed by atoms with Crippen LogP contribution in [0.1, 0.15) is 98.7 Å². The fraction of sp³-hybridized carbons (Fsp3) is 0.793. The first-order valence-corrected chi connectivity index (χ1v) is 14.6. The molecule has 1 amide bonds. The molecule has 0 spiro atoms. The highest BCUT2D eigenvalue weighted by Gasteiger charge is 2.26. The molecule has 1 aromatic heterocycles. The molecule has 3 atom stereocenters. The molecular weight excluding hydrogens is 518 g/mol. The Morgan fingerprint density at radius 1 is 0.975 bits per heavy atom. The van der Waals surface area contributed by atoms with Crippen molar-refractivity contribution in [3.8, 4) is 0 Å². The van der Waals surface area contributed by atoms with E-state index in [1.165, 1.54) is 19.8 Å². The van der Waals surface area contributed by atoms with E-state index in [9.17, 15) is 14.4 Å². The molecule has 0 aliphatic heterocycles. The minimum absolute atomic E-state index is 0.307. The number of nitrogens with zero attached hydrogens (tertiary/aromatic N) is 2. The van der Waals surface area contributed by atoms with Crippen molar-refractivity contribution in [1.82, 2.24) is 14.9 Å². The van der Waals surface area contributed by atoms with Gasteiger partial charge in [-0.25, -0.2) is 14.6 Å². The highest BCUT2D eigenvalue weighted by atomic mass is 16.8. The van der Waals surface area contributed by atoms with Gasteiger partial charge < -0.3 is 33.6 Å². The number of alkyl carbamates (subject to hydrolysis) is 1. The lowest BCUT2D eigenvalue weighted by Gasteiger charge is -2.27. The molecule has 11 nitrogen and oxygen atoms in total. The first kappa shape index (κ1) is 33.4. The van der Waals surface area contributed by atoms with Crippen LogP contribution < -0.4 is 5.32 Å². The van der Waals surface area contributed by atoms with Crippen LogP contribution in [0.3, 0.4) is 0 Å². The molecule has 2 rings (SSSR count). The fourth-order valence-electron chi connectivity index (χ4n) is 4.51. The van der Waals surface area contributed by atoms with Crippen LogP contribution >= 0.6 is 0 Å². The minimum Gasteiger partial charge on any atom is -0.431 e. The van der Waals surface area contributed by atoms with E-state index in [0.717, 1.165) is 24.5 Å². The number of esters is 1. The van der Waals surface area contributed by atoms with Crippen molar-refractivity contribution in [3.05, 3.63) is 18.2 Å². The Hall–Kier alpha value is -2.82. The number of hydrogen-bond donors (Lipinski definition) is 1. The molecule has 1 N–H and O–H groups in total. The average molecular weight is 568 g/mol. The molecule has 228 valence electrons. The van der Waals surface area contributed by atoms with Gasteiger partial charge in [-0.15, -0.1) is 0 Å². The zero-order valence-corrected chi connectivity index (χ0v) is 25.2. The number of aromatic nitrogens is 2. The largest absolute Gasteiger partial charge is 0.511 e. The third kappa shape index (κ3) is 13.0. The summed E-state index contributed by atoms with van der Waals surface area (Å²) in [5.41, 5.74) is 0.789. The summed E-state index contributed by atoms with van der Waals surface area (Å²) in [5, 5.41) is 2.70. The van der Waals surface area contributed by atoms with Crippen molar-refractivity contribution < 1.29 is 38.1 Å². The molecule has 1 aromatic rings. The van der Waals surface area contributed by atoms with E-state index in [4.69, 9.17) is 23.7 Å². The second-order valence-corrected chi connectivity index (χ2v) is 11.4. The highest BCUT2D eigenvalue weighted by molar-refractivity contribution is 5.73. The number of carbonyl (C=O) groups is 3. The van der Waals surface area contributed by atoms with E-state index < -0.39 is 36.7 Å². The van der Waals surface area contributed by atoms with Crippen LogP contribution in [-0.2, 0) is 34.9 Å². The fourth-order valence-corrected chi connectivity index (χ4v) is 4.51. The van der Waals surface area contributed by atoms with Gasteiger partial charge in [0.05, 0.1) is 30.7 Å². The number of carbonyl (C=O) groups excluding carboxylic acids is 3. The van der Waals surface area contributed by atoms with Crippen LogP contribution in [0, 0.1) is 17.8 Å². The first-order valence-electron chi connectivity index (χ1n) is 14.6. The Morgan fingerprint density at radius 2 is 1.68 bits per heavy atom. The molecule has 1 aliphatic rings. The summed E-state index contributed by atoms with van der Waals surface area (Å²) in [6, 6.07) is 0.422. The topological polar surface area (TPSA) is 127 Å². The van der Waals surface area contributed by atoms with Crippen LogP contribution in [0.4, 0.5) is 9.59 Å². The number of ether oxygens (including phenoxy) is 5. The normalized spacial score (nSPS) is 19.5. The van der Waals surface area contributed by atoms with Gasteiger partial charge in [-0.05, 0) is 71.1 Å². The maximum atomic E-state index is 13.1. The van der Waals surface area contributed by atoms with E-state index in [2.05, 4.69) is 21.8 Å². The third-order valence-electron chi connectivity index (χ3n) is 6.66. The van der Waals surface area contributed by atoms with Gasteiger partial charge in [0.25, 0.3) is 0 Å². The molecule has 1 fully saturated rings. The van der Waals surface area contributed by atoms with Gasteiger partial charge in [0.2, 0.25) is 12.6 Å². The Labute approximate surface area is 238 Å². The van der Waals surface area contributed by atoms with E-state index in [0.29, 0.717) is 44.4 Å². The monoisotopic (exact) mass is 567 g/mol. The molecule has 11 heteroatoms. The summed E-state index contributed by atoms with van der Waals surface area (Å²) in [6.07, 6.45) is 6.17. The highest BCUT2D eigenvalue weighted by Crippen LogP contribution is 2.32. The summed E-state index contributed by atoms with van der Waals surface area (Å²) < 4.78 is 28.2. The summed E-state index contributed by atoms with van der Waals surface area (Å²) in [5.74, 6) is 0.0248. The predicted molar refractivity (Wildman–Crippen MR) is 148 cm³/mol. The van der Waals surface area contributed by atoms with E-state index >= 15 is 0 Å². The molecule has 0 saturated heterocycles. The second kappa shape index (κ2) is 17.1. The number of amides is 1. The number of nitrogens with one attached hydrogen (secondary N) is 1. The average Bonchev–Trinajstić information content (AvgIpc) is 3.32. The molecule has 1 saturated carbocycles. The zero-order valence-electron chi connectivity index (χ0n) is 25.2. The quantitative estimate of drug-likeness (QED) is 0.122. The van der Waals surface area contributed by atoms with Gasteiger partial charge in [0.1, 0.15) is 0 Å². The molecule has 2 unspecified atom stereocenters. The number of imidazole rings is 1. The van der Waals surface area contributed by atoms with Crippen molar-refractivity contribution in [1.29, 1.82) is 0 Å². The summed E-state index contributed by atoms with van der Waals surface area (Å²) >= 11 is 0. The third-order valence-corrected chi connectivity index (χ3v) is 6.66. The Balaban J connectivity index is 1.93. The molecule has 0 bridgehead atoms. The summed E-state index contributed by atoms with van der Waals surface area (Å²) in [7, 11) is 0. The lowest BCUT2D eigenvalue weighted by Crippen LogP contribution is -2.31. The van der Waals surface area contributed by atoms with Gasteiger partial charge in [0, 0.05) is 32.1 Å². The Morgan fingerprint density at radius 3 is 2.33 bits per heavy atom. The van der Waals surface area contributed by atoms with Crippen molar-refractivity contribution in [2.45, 2.75) is 118 Å². The van der Waals surface area contributed by atoms with Gasteiger partial charge in [0.15, 0.2) is 0 Å². The Kier molecular flexibility index (Phi) is 14.3.